The zero-order valence-corrected chi connectivity index (χ0v) is 8.20. The molecule has 0 aliphatic carbocycles. The monoisotopic (exact) mass is 216 g/mol. The number of rotatable bonds is 2. The molecule has 0 atom stereocenters. The highest BCUT2D eigenvalue weighted by Gasteiger charge is 2.05. The maximum atomic E-state index is 11.5. The molecule has 2 aromatic heterocycles. The van der Waals surface area contributed by atoms with Gasteiger partial charge in [-0.3, -0.25) is 9.36 Å². The average Bonchev–Trinajstić information content (AvgIpc) is 2.30. The number of aromatic nitrogens is 2. The van der Waals surface area contributed by atoms with Crippen LogP contribution in [0.1, 0.15) is 10.4 Å². The van der Waals surface area contributed by atoms with Crippen molar-refractivity contribution in [2.75, 3.05) is 0 Å². The van der Waals surface area contributed by atoms with Crippen LogP contribution in [0.15, 0.2) is 47.5 Å². The third-order valence-corrected chi connectivity index (χ3v) is 2.06. The van der Waals surface area contributed by atoms with E-state index in [9.17, 15) is 9.59 Å². The Kier molecular flexibility index (Phi) is 2.51. The van der Waals surface area contributed by atoms with Crippen molar-refractivity contribution in [3.05, 3.63) is 58.6 Å². The van der Waals surface area contributed by atoms with Gasteiger partial charge in [0.05, 0.1) is 5.56 Å². The minimum absolute atomic E-state index is 0.0979. The van der Waals surface area contributed by atoms with Crippen LogP contribution in [0.3, 0.4) is 0 Å². The number of aromatic carboxylic acids is 1. The third kappa shape index (κ3) is 1.83. The first-order valence-corrected chi connectivity index (χ1v) is 4.56. The second-order valence-corrected chi connectivity index (χ2v) is 3.12. The van der Waals surface area contributed by atoms with Crippen molar-refractivity contribution in [3.8, 4) is 5.82 Å². The second-order valence-electron chi connectivity index (χ2n) is 3.12. The molecule has 80 valence electrons. The van der Waals surface area contributed by atoms with Crippen molar-refractivity contribution < 1.29 is 9.90 Å². The largest absolute Gasteiger partial charge is 0.478 e. The molecule has 0 saturated heterocycles. The number of carboxylic acid groups (broad SMARTS) is 1. The van der Waals surface area contributed by atoms with Crippen LogP contribution in [0.2, 0.25) is 0 Å². The lowest BCUT2D eigenvalue weighted by atomic mass is 10.2. The average molecular weight is 216 g/mol. The maximum Gasteiger partial charge on any atom is 0.335 e. The molecule has 16 heavy (non-hydrogen) atoms. The van der Waals surface area contributed by atoms with E-state index in [1.165, 1.54) is 35.2 Å². The van der Waals surface area contributed by atoms with E-state index in [0.29, 0.717) is 5.82 Å². The molecule has 2 rings (SSSR count). The van der Waals surface area contributed by atoms with Gasteiger partial charge in [0.25, 0.3) is 5.56 Å². The van der Waals surface area contributed by atoms with E-state index in [2.05, 4.69) is 4.98 Å². The number of hydrogen-bond donors (Lipinski definition) is 1. The van der Waals surface area contributed by atoms with E-state index in [1.54, 1.807) is 12.1 Å². The second kappa shape index (κ2) is 3.98. The Morgan fingerprint density at radius 1 is 1.31 bits per heavy atom. The first-order chi connectivity index (χ1) is 7.68. The first-order valence-electron chi connectivity index (χ1n) is 4.56. The number of carbonyl (C=O) groups is 1. The summed E-state index contributed by atoms with van der Waals surface area (Å²) >= 11 is 0. The van der Waals surface area contributed by atoms with Gasteiger partial charge in [-0.15, -0.1) is 0 Å². The molecule has 0 spiro atoms. The fourth-order valence-corrected chi connectivity index (χ4v) is 1.30. The third-order valence-electron chi connectivity index (χ3n) is 2.06. The van der Waals surface area contributed by atoms with Crippen molar-refractivity contribution in [2.24, 2.45) is 0 Å². The zero-order chi connectivity index (χ0) is 11.5. The Hall–Kier alpha value is -2.43. The van der Waals surface area contributed by atoms with Crippen LogP contribution in [0.5, 0.6) is 0 Å². The summed E-state index contributed by atoms with van der Waals surface area (Å²) in [4.78, 5) is 26.2. The highest BCUT2D eigenvalue weighted by Crippen LogP contribution is 2.04. The van der Waals surface area contributed by atoms with E-state index in [1.807, 2.05) is 0 Å². The van der Waals surface area contributed by atoms with Crippen LogP contribution >= 0.6 is 0 Å². The number of pyridine rings is 2. The molecular weight excluding hydrogens is 208 g/mol. The molecule has 0 radical (unpaired) electrons. The Morgan fingerprint density at radius 2 is 2.12 bits per heavy atom. The lowest BCUT2D eigenvalue weighted by molar-refractivity contribution is 0.0696. The molecule has 0 unspecified atom stereocenters. The van der Waals surface area contributed by atoms with Crippen molar-refractivity contribution >= 4 is 5.97 Å². The van der Waals surface area contributed by atoms with Crippen molar-refractivity contribution in [3.63, 3.8) is 0 Å². The summed E-state index contributed by atoms with van der Waals surface area (Å²) in [6.07, 6.45) is 2.90. The normalized spacial score (nSPS) is 10.0. The van der Waals surface area contributed by atoms with Gasteiger partial charge >= 0.3 is 5.97 Å². The van der Waals surface area contributed by atoms with Gasteiger partial charge in [0, 0.05) is 18.5 Å². The standard InChI is InChI=1S/C11H8N2O3/c14-10-3-1-2-6-13(10)9-7-8(11(15)16)4-5-12-9/h1-7H,(H,15,16). The zero-order valence-electron chi connectivity index (χ0n) is 8.20. The Labute approximate surface area is 90.6 Å². The van der Waals surface area contributed by atoms with Crippen LogP contribution in [0.4, 0.5) is 0 Å². The van der Waals surface area contributed by atoms with E-state index < -0.39 is 5.97 Å². The van der Waals surface area contributed by atoms with Crippen molar-refractivity contribution in [1.82, 2.24) is 9.55 Å². The summed E-state index contributed by atoms with van der Waals surface area (Å²) < 4.78 is 1.28. The predicted molar refractivity (Wildman–Crippen MR) is 56.8 cm³/mol. The first kappa shape index (κ1) is 10.1. The van der Waals surface area contributed by atoms with Crippen LogP contribution in [-0.2, 0) is 0 Å². The van der Waals surface area contributed by atoms with E-state index in [0.717, 1.165) is 0 Å². The number of carboxylic acids is 1. The molecule has 0 fully saturated rings. The molecule has 0 aromatic carbocycles. The SMILES string of the molecule is O=C(O)c1ccnc(-n2ccccc2=O)c1. The summed E-state index contributed by atoms with van der Waals surface area (Å²) in [5, 5.41) is 8.81. The molecule has 0 aliphatic heterocycles. The van der Waals surface area contributed by atoms with Gasteiger partial charge in [0.15, 0.2) is 0 Å². The highest BCUT2D eigenvalue weighted by molar-refractivity contribution is 5.87. The lowest BCUT2D eigenvalue weighted by Crippen LogP contribution is -2.17. The molecule has 1 N–H and O–H groups in total. The number of nitrogens with zero attached hydrogens (tertiary/aromatic N) is 2. The van der Waals surface area contributed by atoms with Gasteiger partial charge < -0.3 is 5.11 Å². The van der Waals surface area contributed by atoms with E-state index in [4.69, 9.17) is 5.11 Å². The van der Waals surface area contributed by atoms with Gasteiger partial charge in [-0.25, -0.2) is 9.78 Å². The fraction of sp³-hybridized carbons (Fsp3) is 0. The van der Waals surface area contributed by atoms with E-state index >= 15 is 0 Å². The van der Waals surface area contributed by atoms with Crippen LogP contribution < -0.4 is 5.56 Å². The van der Waals surface area contributed by atoms with Gasteiger partial charge in [0.1, 0.15) is 5.82 Å². The summed E-state index contributed by atoms with van der Waals surface area (Å²) in [5.74, 6) is -0.752. The predicted octanol–water partition coefficient (Wildman–Crippen LogP) is 0.931. The molecular formula is C11H8N2O3. The van der Waals surface area contributed by atoms with Crippen molar-refractivity contribution in [1.29, 1.82) is 0 Å². The van der Waals surface area contributed by atoms with Crippen LogP contribution in [0.25, 0.3) is 5.82 Å². The maximum absolute atomic E-state index is 11.5. The lowest BCUT2D eigenvalue weighted by Gasteiger charge is -2.03. The van der Waals surface area contributed by atoms with Gasteiger partial charge in [-0.2, -0.15) is 0 Å². The molecule has 0 aliphatic rings. The fourth-order valence-electron chi connectivity index (χ4n) is 1.30. The Bertz CT molecular complexity index is 590. The number of hydrogen-bond acceptors (Lipinski definition) is 3. The van der Waals surface area contributed by atoms with Crippen LogP contribution in [0, 0.1) is 0 Å². The van der Waals surface area contributed by atoms with Gasteiger partial charge in [0.2, 0.25) is 0 Å². The smallest absolute Gasteiger partial charge is 0.335 e. The summed E-state index contributed by atoms with van der Waals surface area (Å²) in [6.45, 7) is 0. The summed E-state index contributed by atoms with van der Waals surface area (Å²) in [6, 6.07) is 7.40. The minimum Gasteiger partial charge on any atom is -0.478 e. The van der Waals surface area contributed by atoms with E-state index in [-0.39, 0.29) is 11.1 Å². The van der Waals surface area contributed by atoms with Gasteiger partial charge in [-0.05, 0) is 18.2 Å². The summed E-state index contributed by atoms with van der Waals surface area (Å²) in [7, 11) is 0. The molecule has 0 amide bonds. The molecule has 2 aromatic rings. The Morgan fingerprint density at radius 3 is 2.81 bits per heavy atom. The highest BCUT2D eigenvalue weighted by atomic mass is 16.4. The van der Waals surface area contributed by atoms with Crippen molar-refractivity contribution in [2.45, 2.75) is 0 Å². The molecule has 5 nitrogen and oxygen atoms in total. The quantitative estimate of drug-likeness (QED) is 0.810. The van der Waals surface area contributed by atoms with Crippen LogP contribution in [-0.4, -0.2) is 20.6 Å². The Balaban J connectivity index is 2.57. The topological polar surface area (TPSA) is 72.2 Å². The minimum atomic E-state index is -1.05. The molecule has 0 bridgehead atoms. The molecule has 5 heteroatoms. The molecule has 0 saturated carbocycles. The molecule has 2 heterocycles. The summed E-state index contributed by atoms with van der Waals surface area (Å²) in [5.41, 5.74) is -0.154. The van der Waals surface area contributed by atoms with Gasteiger partial charge in [-0.1, -0.05) is 6.07 Å².